The Morgan fingerprint density at radius 2 is 2.06 bits per heavy atom. The van der Waals surface area contributed by atoms with Gasteiger partial charge >= 0.3 is 0 Å². The largest absolute Gasteiger partial charge is 0.370 e. The summed E-state index contributed by atoms with van der Waals surface area (Å²) in [6.45, 7) is 12.5. The molecule has 2 heteroatoms. The zero-order valence-electron chi connectivity index (χ0n) is 12.2. The van der Waals surface area contributed by atoms with Gasteiger partial charge in [-0.05, 0) is 36.9 Å². The lowest BCUT2D eigenvalue weighted by Gasteiger charge is -2.37. The van der Waals surface area contributed by atoms with E-state index in [4.69, 9.17) is 0 Å². The van der Waals surface area contributed by atoms with Crippen molar-refractivity contribution in [3.05, 3.63) is 29.8 Å². The summed E-state index contributed by atoms with van der Waals surface area (Å²) in [4.78, 5) is 2.54. The minimum Gasteiger partial charge on any atom is -0.370 e. The summed E-state index contributed by atoms with van der Waals surface area (Å²) in [6.07, 6.45) is 1.20. The van der Waals surface area contributed by atoms with Crippen LogP contribution in [-0.4, -0.2) is 25.7 Å². The minimum absolute atomic E-state index is 0.285. The summed E-state index contributed by atoms with van der Waals surface area (Å²) < 4.78 is 0. The fraction of sp³-hybridized carbons (Fsp3) is 0.625. The standard InChI is InChI=1S/C16H26N2/c1-5-17-13(2)16(3,4)12-18-11-10-14-8-6-7-9-15(14)18/h6-9,13,17H,5,10-12H2,1-4H3. The Labute approximate surface area is 111 Å². The van der Waals surface area contributed by atoms with Crippen molar-refractivity contribution < 1.29 is 0 Å². The Hall–Kier alpha value is -1.02. The van der Waals surface area contributed by atoms with Gasteiger partial charge in [-0.25, -0.2) is 0 Å². The normalized spacial score (nSPS) is 16.8. The van der Waals surface area contributed by atoms with Gasteiger partial charge in [-0.2, -0.15) is 0 Å². The molecule has 0 spiro atoms. The predicted octanol–water partition coefficient (Wildman–Crippen LogP) is 3.07. The molecule has 1 aliphatic heterocycles. The van der Waals surface area contributed by atoms with Gasteiger partial charge in [0.15, 0.2) is 0 Å². The maximum Gasteiger partial charge on any atom is 0.0399 e. The maximum absolute atomic E-state index is 3.56. The van der Waals surface area contributed by atoms with Crippen molar-refractivity contribution >= 4 is 5.69 Å². The first-order chi connectivity index (χ1) is 8.54. The summed E-state index contributed by atoms with van der Waals surface area (Å²) in [5.74, 6) is 0. The SMILES string of the molecule is CCNC(C)C(C)(C)CN1CCc2ccccc21. The molecule has 0 bridgehead atoms. The van der Waals surface area contributed by atoms with Crippen molar-refractivity contribution in [2.45, 2.75) is 40.2 Å². The topological polar surface area (TPSA) is 15.3 Å². The number of benzene rings is 1. The first kappa shape index (κ1) is 13.4. The molecule has 0 aliphatic carbocycles. The van der Waals surface area contributed by atoms with Crippen LogP contribution in [0.3, 0.4) is 0 Å². The zero-order chi connectivity index (χ0) is 13.2. The number of rotatable bonds is 5. The van der Waals surface area contributed by atoms with Crippen molar-refractivity contribution in [2.75, 3.05) is 24.5 Å². The molecule has 1 N–H and O–H groups in total. The number of anilines is 1. The quantitative estimate of drug-likeness (QED) is 0.859. The summed E-state index contributed by atoms with van der Waals surface area (Å²) in [5.41, 5.74) is 3.23. The Balaban J connectivity index is 2.07. The van der Waals surface area contributed by atoms with Gasteiger partial charge in [-0.3, -0.25) is 0 Å². The summed E-state index contributed by atoms with van der Waals surface area (Å²) in [6, 6.07) is 9.36. The predicted molar refractivity (Wildman–Crippen MR) is 79.3 cm³/mol. The van der Waals surface area contributed by atoms with Gasteiger partial charge in [0.1, 0.15) is 0 Å². The molecular weight excluding hydrogens is 220 g/mol. The van der Waals surface area contributed by atoms with Crippen molar-refractivity contribution in [3.63, 3.8) is 0 Å². The van der Waals surface area contributed by atoms with Crippen LogP contribution >= 0.6 is 0 Å². The second-order valence-electron chi connectivity index (χ2n) is 6.07. The van der Waals surface area contributed by atoms with Gasteiger partial charge in [-0.15, -0.1) is 0 Å². The molecule has 0 fully saturated rings. The van der Waals surface area contributed by atoms with Crippen molar-refractivity contribution in [1.29, 1.82) is 0 Å². The number of para-hydroxylation sites is 1. The van der Waals surface area contributed by atoms with E-state index >= 15 is 0 Å². The molecule has 0 aromatic heterocycles. The fourth-order valence-corrected chi connectivity index (χ4v) is 2.78. The van der Waals surface area contributed by atoms with E-state index < -0.39 is 0 Å². The molecule has 0 radical (unpaired) electrons. The smallest absolute Gasteiger partial charge is 0.0399 e. The second kappa shape index (κ2) is 5.31. The summed E-state index contributed by atoms with van der Waals surface area (Å²) in [5, 5.41) is 3.56. The number of fused-ring (bicyclic) bond motifs is 1. The van der Waals surface area contributed by atoms with Gasteiger partial charge < -0.3 is 10.2 Å². The van der Waals surface area contributed by atoms with Crippen LogP contribution in [0, 0.1) is 5.41 Å². The lowest BCUT2D eigenvalue weighted by molar-refractivity contribution is 0.264. The van der Waals surface area contributed by atoms with E-state index in [1.165, 1.54) is 24.2 Å². The second-order valence-corrected chi connectivity index (χ2v) is 6.07. The zero-order valence-corrected chi connectivity index (χ0v) is 12.2. The van der Waals surface area contributed by atoms with Gasteiger partial charge in [0.05, 0.1) is 0 Å². The summed E-state index contributed by atoms with van der Waals surface area (Å²) in [7, 11) is 0. The lowest BCUT2D eigenvalue weighted by atomic mass is 9.84. The van der Waals surface area contributed by atoms with Crippen LogP contribution in [0.5, 0.6) is 0 Å². The van der Waals surface area contributed by atoms with Gasteiger partial charge in [0.25, 0.3) is 0 Å². The van der Waals surface area contributed by atoms with Gasteiger partial charge in [0.2, 0.25) is 0 Å². The van der Waals surface area contributed by atoms with E-state index in [9.17, 15) is 0 Å². The van der Waals surface area contributed by atoms with E-state index in [0.29, 0.717) is 6.04 Å². The third kappa shape index (κ3) is 2.69. The molecule has 1 unspecified atom stereocenters. The number of nitrogens with zero attached hydrogens (tertiary/aromatic N) is 1. The summed E-state index contributed by atoms with van der Waals surface area (Å²) >= 11 is 0. The van der Waals surface area contributed by atoms with Crippen LogP contribution < -0.4 is 10.2 Å². The van der Waals surface area contributed by atoms with E-state index in [1.807, 2.05) is 0 Å². The Kier molecular flexibility index (Phi) is 3.96. The average Bonchev–Trinajstić information content (AvgIpc) is 2.73. The first-order valence-corrected chi connectivity index (χ1v) is 7.11. The highest BCUT2D eigenvalue weighted by molar-refractivity contribution is 5.57. The van der Waals surface area contributed by atoms with Crippen LogP contribution in [0.25, 0.3) is 0 Å². The minimum atomic E-state index is 0.285. The molecule has 1 aromatic carbocycles. The van der Waals surface area contributed by atoms with Crippen LogP contribution in [0.1, 0.15) is 33.3 Å². The molecule has 0 amide bonds. The molecule has 2 rings (SSSR count). The fourth-order valence-electron chi connectivity index (χ4n) is 2.78. The van der Waals surface area contributed by atoms with E-state index in [2.05, 4.69) is 62.2 Å². The van der Waals surface area contributed by atoms with Crippen LogP contribution in [0.2, 0.25) is 0 Å². The number of hydrogen-bond acceptors (Lipinski definition) is 2. The van der Waals surface area contributed by atoms with Crippen LogP contribution in [0.4, 0.5) is 5.69 Å². The van der Waals surface area contributed by atoms with Crippen molar-refractivity contribution in [1.82, 2.24) is 5.32 Å². The Morgan fingerprint density at radius 1 is 1.33 bits per heavy atom. The van der Waals surface area contributed by atoms with Gasteiger partial charge in [-0.1, -0.05) is 39.0 Å². The lowest BCUT2D eigenvalue weighted by Crippen LogP contribution is -2.46. The molecule has 1 aromatic rings. The molecular formula is C16H26N2. The van der Waals surface area contributed by atoms with E-state index in [-0.39, 0.29) is 5.41 Å². The number of nitrogens with one attached hydrogen (secondary N) is 1. The molecule has 100 valence electrons. The Bertz CT molecular complexity index is 398. The van der Waals surface area contributed by atoms with Crippen molar-refractivity contribution in [3.8, 4) is 0 Å². The molecule has 0 saturated carbocycles. The van der Waals surface area contributed by atoms with Crippen LogP contribution in [-0.2, 0) is 6.42 Å². The molecule has 2 nitrogen and oxygen atoms in total. The highest BCUT2D eigenvalue weighted by Crippen LogP contribution is 2.32. The highest BCUT2D eigenvalue weighted by Gasteiger charge is 2.30. The third-order valence-electron chi connectivity index (χ3n) is 4.26. The highest BCUT2D eigenvalue weighted by atomic mass is 15.2. The van der Waals surface area contributed by atoms with Gasteiger partial charge in [0, 0.05) is 24.8 Å². The Morgan fingerprint density at radius 3 is 2.78 bits per heavy atom. The van der Waals surface area contributed by atoms with Crippen LogP contribution in [0.15, 0.2) is 24.3 Å². The average molecular weight is 246 g/mol. The molecule has 1 atom stereocenters. The van der Waals surface area contributed by atoms with E-state index in [1.54, 1.807) is 0 Å². The first-order valence-electron chi connectivity index (χ1n) is 7.11. The van der Waals surface area contributed by atoms with E-state index in [0.717, 1.165) is 13.1 Å². The molecule has 1 aliphatic rings. The molecule has 18 heavy (non-hydrogen) atoms. The third-order valence-corrected chi connectivity index (χ3v) is 4.26. The maximum atomic E-state index is 3.56. The monoisotopic (exact) mass is 246 g/mol. The molecule has 1 heterocycles. The van der Waals surface area contributed by atoms with Crippen molar-refractivity contribution in [2.24, 2.45) is 5.41 Å². The molecule has 0 saturated heterocycles. The number of hydrogen-bond donors (Lipinski definition) is 1.